The lowest BCUT2D eigenvalue weighted by Crippen LogP contribution is -2.21. The zero-order valence-electron chi connectivity index (χ0n) is 10.7. The van der Waals surface area contributed by atoms with Gasteiger partial charge in [0.2, 0.25) is 0 Å². The van der Waals surface area contributed by atoms with E-state index >= 15 is 0 Å². The molecule has 2 aromatic rings. The minimum absolute atomic E-state index is 0.129. The Balaban J connectivity index is 1.97. The average Bonchev–Trinajstić information content (AvgIpc) is 2.43. The molecule has 0 bridgehead atoms. The van der Waals surface area contributed by atoms with Crippen LogP contribution in [0.3, 0.4) is 0 Å². The quantitative estimate of drug-likeness (QED) is 0.840. The molecule has 0 spiro atoms. The number of nitrogens with two attached hydrogens (primary N) is 1. The van der Waals surface area contributed by atoms with E-state index in [0.717, 1.165) is 6.07 Å². The van der Waals surface area contributed by atoms with Gasteiger partial charge in [-0.05, 0) is 30.3 Å². The van der Waals surface area contributed by atoms with Crippen LogP contribution in [0.2, 0.25) is 10.0 Å². The molecule has 7 heteroatoms. The van der Waals surface area contributed by atoms with E-state index in [-0.39, 0.29) is 12.3 Å². The minimum atomic E-state index is -0.479. The van der Waals surface area contributed by atoms with Gasteiger partial charge in [-0.15, -0.1) is 0 Å². The molecule has 3 N–H and O–H groups in total. The molecule has 4 nitrogen and oxygen atoms in total. The first-order valence-electron chi connectivity index (χ1n) is 5.88. The van der Waals surface area contributed by atoms with E-state index in [0.29, 0.717) is 21.5 Å². The number of ether oxygens (including phenoxy) is 1. The third-order valence-corrected chi connectivity index (χ3v) is 3.09. The summed E-state index contributed by atoms with van der Waals surface area (Å²) in [5.41, 5.74) is 6.02. The summed E-state index contributed by atoms with van der Waals surface area (Å²) in [5, 5.41) is 3.29. The highest BCUT2D eigenvalue weighted by molar-refractivity contribution is 6.34. The summed E-state index contributed by atoms with van der Waals surface area (Å²) in [6.45, 7) is -0.281. The van der Waals surface area contributed by atoms with E-state index in [1.165, 1.54) is 18.2 Å². The van der Waals surface area contributed by atoms with E-state index in [1.54, 1.807) is 12.1 Å². The van der Waals surface area contributed by atoms with Gasteiger partial charge in [0.15, 0.2) is 6.61 Å². The smallest absolute Gasteiger partial charge is 0.262 e. The summed E-state index contributed by atoms with van der Waals surface area (Å²) in [6, 6.07) is 8.36. The Labute approximate surface area is 130 Å². The van der Waals surface area contributed by atoms with Gasteiger partial charge in [-0.1, -0.05) is 23.2 Å². The van der Waals surface area contributed by atoms with Gasteiger partial charge in [-0.3, -0.25) is 4.79 Å². The number of carbonyl (C=O) groups excluding carboxylic acids is 1. The van der Waals surface area contributed by atoms with E-state index < -0.39 is 11.7 Å². The van der Waals surface area contributed by atoms with Crippen LogP contribution in [0.15, 0.2) is 36.4 Å². The largest absolute Gasteiger partial charge is 0.482 e. The van der Waals surface area contributed by atoms with Gasteiger partial charge in [0.05, 0.1) is 16.4 Å². The van der Waals surface area contributed by atoms with Gasteiger partial charge in [0.25, 0.3) is 5.91 Å². The molecule has 2 aromatic carbocycles. The van der Waals surface area contributed by atoms with Crippen LogP contribution >= 0.6 is 23.2 Å². The summed E-state index contributed by atoms with van der Waals surface area (Å²) in [7, 11) is 0. The summed E-state index contributed by atoms with van der Waals surface area (Å²) in [4.78, 5) is 11.8. The number of hydrogen-bond acceptors (Lipinski definition) is 3. The predicted molar refractivity (Wildman–Crippen MR) is 81.4 cm³/mol. The minimum Gasteiger partial charge on any atom is -0.482 e. The number of halogens is 3. The Kier molecular flexibility index (Phi) is 4.88. The first kappa shape index (κ1) is 15.4. The van der Waals surface area contributed by atoms with Crippen molar-refractivity contribution in [3.63, 3.8) is 0 Å². The Morgan fingerprint density at radius 2 is 2.00 bits per heavy atom. The van der Waals surface area contributed by atoms with Gasteiger partial charge in [-0.2, -0.15) is 0 Å². The molecular formula is C14H11Cl2FN2O2. The maximum atomic E-state index is 12.9. The monoisotopic (exact) mass is 328 g/mol. The number of carbonyl (C=O) groups is 1. The molecule has 1 amide bonds. The second-order valence-corrected chi connectivity index (χ2v) is 4.99. The standard InChI is InChI=1S/C14H11Cl2FN2O2/c15-8-1-3-10(16)13(5-8)21-7-14(20)19-12-4-2-9(17)6-11(12)18/h1-6H,7,18H2,(H,19,20). The van der Waals surface area contributed by atoms with Gasteiger partial charge in [0.1, 0.15) is 11.6 Å². The highest BCUT2D eigenvalue weighted by atomic mass is 35.5. The molecule has 110 valence electrons. The van der Waals surface area contributed by atoms with Crippen LogP contribution < -0.4 is 15.8 Å². The summed E-state index contributed by atoms with van der Waals surface area (Å²) in [5.74, 6) is -0.636. The van der Waals surface area contributed by atoms with E-state index in [2.05, 4.69) is 5.32 Å². The molecule has 0 fully saturated rings. The third kappa shape index (κ3) is 4.24. The first-order chi connectivity index (χ1) is 9.95. The van der Waals surface area contributed by atoms with Gasteiger partial charge in [0, 0.05) is 11.1 Å². The van der Waals surface area contributed by atoms with Crippen molar-refractivity contribution < 1.29 is 13.9 Å². The fourth-order valence-corrected chi connectivity index (χ4v) is 1.90. The molecule has 2 rings (SSSR count). The summed E-state index contributed by atoms with van der Waals surface area (Å²) < 4.78 is 18.2. The number of benzene rings is 2. The second-order valence-electron chi connectivity index (χ2n) is 4.14. The average molecular weight is 329 g/mol. The highest BCUT2D eigenvalue weighted by Crippen LogP contribution is 2.27. The Morgan fingerprint density at radius 3 is 2.71 bits per heavy atom. The normalized spacial score (nSPS) is 10.2. The predicted octanol–water partition coefficient (Wildman–Crippen LogP) is 3.73. The van der Waals surface area contributed by atoms with Crippen LogP contribution in [0.4, 0.5) is 15.8 Å². The van der Waals surface area contributed by atoms with Crippen molar-refractivity contribution in [3.05, 3.63) is 52.3 Å². The van der Waals surface area contributed by atoms with Crippen LogP contribution in [0, 0.1) is 5.82 Å². The van der Waals surface area contributed by atoms with Crippen LogP contribution in [-0.2, 0) is 4.79 Å². The molecule has 0 aliphatic heterocycles. The summed E-state index contributed by atoms with van der Waals surface area (Å²) in [6.07, 6.45) is 0. The molecule has 0 heterocycles. The second kappa shape index (κ2) is 6.65. The molecule has 0 unspecified atom stereocenters. The molecule has 0 aromatic heterocycles. The molecule has 0 aliphatic carbocycles. The van der Waals surface area contributed by atoms with Crippen LogP contribution in [0.1, 0.15) is 0 Å². The van der Waals surface area contributed by atoms with Gasteiger partial charge >= 0.3 is 0 Å². The van der Waals surface area contributed by atoms with Crippen molar-refractivity contribution in [1.82, 2.24) is 0 Å². The number of anilines is 2. The van der Waals surface area contributed by atoms with Gasteiger partial charge < -0.3 is 15.8 Å². The molecule has 21 heavy (non-hydrogen) atoms. The fourth-order valence-electron chi connectivity index (χ4n) is 1.56. The highest BCUT2D eigenvalue weighted by Gasteiger charge is 2.09. The third-order valence-electron chi connectivity index (χ3n) is 2.54. The van der Waals surface area contributed by atoms with Crippen LogP contribution in [0.5, 0.6) is 5.75 Å². The lowest BCUT2D eigenvalue weighted by Gasteiger charge is -2.10. The van der Waals surface area contributed by atoms with E-state index in [9.17, 15) is 9.18 Å². The molecular weight excluding hydrogens is 318 g/mol. The van der Waals surface area contributed by atoms with Crippen molar-refractivity contribution in [3.8, 4) is 5.75 Å². The molecule has 0 atom stereocenters. The molecule has 0 aliphatic rings. The van der Waals surface area contributed by atoms with Crippen LogP contribution in [0.25, 0.3) is 0 Å². The lowest BCUT2D eigenvalue weighted by molar-refractivity contribution is -0.118. The topological polar surface area (TPSA) is 64.3 Å². The number of nitrogen functional groups attached to an aromatic ring is 1. The SMILES string of the molecule is Nc1cc(F)ccc1NC(=O)COc1cc(Cl)ccc1Cl. The Morgan fingerprint density at radius 1 is 1.24 bits per heavy atom. The maximum Gasteiger partial charge on any atom is 0.262 e. The van der Waals surface area contributed by atoms with Crippen LogP contribution in [-0.4, -0.2) is 12.5 Å². The summed E-state index contributed by atoms with van der Waals surface area (Å²) >= 11 is 11.7. The van der Waals surface area contributed by atoms with Gasteiger partial charge in [-0.25, -0.2) is 4.39 Å². The number of amides is 1. The van der Waals surface area contributed by atoms with Crippen molar-refractivity contribution >= 4 is 40.5 Å². The Hall–Kier alpha value is -1.98. The van der Waals surface area contributed by atoms with Crippen molar-refractivity contribution in [2.24, 2.45) is 0 Å². The zero-order chi connectivity index (χ0) is 15.4. The molecule has 0 saturated heterocycles. The number of hydrogen-bond donors (Lipinski definition) is 2. The molecule has 0 radical (unpaired) electrons. The maximum absolute atomic E-state index is 12.9. The number of rotatable bonds is 4. The van der Waals surface area contributed by atoms with Crippen molar-refractivity contribution in [2.45, 2.75) is 0 Å². The number of nitrogens with one attached hydrogen (secondary N) is 1. The first-order valence-corrected chi connectivity index (χ1v) is 6.64. The van der Waals surface area contributed by atoms with E-state index in [1.807, 2.05) is 0 Å². The van der Waals surface area contributed by atoms with E-state index in [4.69, 9.17) is 33.7 Å². The lowest BCUT2D eigenvalue weighted by atomic mass is 10.2. The van der Waals surface area contributed by atoms with Crippen molar-refractivity contribution in [2.75, 3.05) is 17.7 Å². The molecule has 0 saturated carbocycles. The fraction of sp³-hybridized carbons (Fsp3) is 0.0714. The Bertz CT molecular complexity index is 680. The van der Waals surface area contributed by atoms with Crippen molar-refractivity contribution in [1.29, 1.82) is 0 Å². The zero-order valence-corrected chi connectivity index (χ0v) is 12.2.